The highest BCUT2D eigenvalue weighted by atomic mass is 16.5. The van der Waals surface area contributed by atoms with Gasteiger partial charge in [-0.1, -0.05) is 6.42 Å². The zero-order valence-electron chi connectivity index (χ0n) is 10.9. The summed E-state index contributed by atoms with van der Waals surface area (Å²) in [6.45, 7) is 2.20. The molecule has 2 heterocycles. The number of fused-ring (bicyclic) bond motifs is 2. The fourth-order valence-electron chi connectivity index (χ4n) is 3.28. The molecule has 4 heteroatoms. The number of ether oxygens (including phenoxy) is 1. The highest BCUT2D eigenvalue weighted by Crippen LogP contribution is 2.32. The number of piperidine rings is 2. The lowest BCUT2D eigenvalue weighted by molar-refractivity contribution is 0.0439. The number of hydrogen-bond acceptors (Lipinski definition) is 4. The van der Waals surface area contributed by atoms with Crippen molar-refractivity contribution in [3.8, 4) is 0 Å². The number of aliphatic hydroxyl groups is 1. The van der Waals surface area contributed by atoms with Gasteiger partial charge in [0.2, 0.25) is 0 Å². The van der Waals surface area contributed by atoms with Crippen LogP contribution in [-0.4, -0.2) is 61.5 Å². The predicted molar refractivity (Wildman–Crippen MR) is 68.1 cm³/mol. The van der Waals surface area contributed by atoms with Crippen molar-refractivity contribution in [3.05, 3.63) is 0 Å². The highest BCUT2D eigenvalue weighted by Gasteiger charge is 2.35. The highest BCUT2D eigenvalue weighted by molar-refractivity contribution is 4.93. The number of rotatable bonds is 6. The molecule has 2 unspecified atom stereocenters. The maximum absolute atomic E-state index is 8.60. The van der Waals surface area contributed by atoms with Crippen LogP contribution in [0.1, 0.15) is 32.1 Å². The minimum absolute atomic E-state index is 0.123. The molecular formula is C13H26N2O2. The van der Waals surface area contributed by atoms with Crippen LogP contribution >= 0.6 is 0 Å². The Labute approximate surface area is 104 Å². The van der Waals surface area contributed by atoms with Crippen LogP contribution in [0, 0.1) is 0 Å². The Kier molecular flexibility index (Phi) is 5.22. The van der Waals surface area contributed by atoms with Gasteiger partial charge in [0.1, 0.15) is 0 Å². The van der Waals surface area contributed by atoms with E-state index in [-0.39, 0.29) is 6.61 Å². The van der Waals surface area contributed by atoms with Crippen molar-refractivity contribution in [2.75, 3.05) is 33.4 Å². The molecule has 2 bridgehead atoms. The van der Waals surface area contributed by atoms with Gasteiger partial charge in [-0.3, -0.25) is 0 Å². The maximum Gasteiger partial charge on any atom is 0.0698 e. The molecular weight excluding hydrogens is 216 g/mol. The molecule has 2 aliphatic rings. The molecule has 0 aliphatic carbocycles. The molecule has 0 spiro atoms. The van der Waals surface area contributed by atoms with E-state index in [9.17, 15) is 0 Å². The van der Waals surface area contributed by atoms with E-state index >= 15 is 0 Å². The third kappa shape index (κ3) is 3.65. The number of nitrogens with zero attached hydrogens (tertiary/aromatic N) is 1. The fourth-order valence-corrected chi connectivity index (χ4v) is 3.28. The summed E-state index contributed by atoms with van der Waals surface area (Å²) in [7, 11) is 2.29. The van der Waals surface area contributed by atoms with Gasteiger partial charge in [0.15, 0.2) is 0 Å². The average Bonchev–Trinajstić information content (AvgIpc) is 2.30. The SMILES string of the molecule is CN1C2CCCC1CC(NCCOCCO)C2. The summed E-state index contributed by atoms with van der Waals surface area (Å²) < 4.78 is 5.27. The summed E-state index contributed by atoms with van der Waals surface area (Å²) in [5.74, 6) is 0. The van der Waals surface area contributed by atoms with Crippen molar-refractivity contribution < 1.29 is 9.84 Å². The van der Waals surface area contributed by atoms with Crippen LogP contribution in [0.5, 0.6) is 0 Å². The van der Waals surface area contributed by atoms with E-state index in [1.807, 2.05) is 0 Å². The monoisotopic (exact) mass is 242 g/mol. The first-order chi connectivity index (χ1) is 8.31. The summed E-state index contributed by atoms with van der Waals surface area (Å²) in [4.78, 5) is 2.59. The molecule has 2 aliphatic heterocycles. The maximum atomic E-state index is 8.60. The second kappa shape index (κ2) is 6.69. The van der Waals surface area contributed by atoms with Gasteiger partial charge in [0, 0.05) is 24.7 Å². The first-order valence-corrected chi connectivity index (χ1v) is 6.95. The topological polar surface area (TPSA) is 44.7 Å². The lowest BCUT2D eigenvalue weighted by atomic mass is 9.82. The summed E-state index contributed by atoms with van der Waals surface area (Å²) in [6, 6.07) is 2.25. The van der Waals surface area contributed by atoms with Gasteiger partial charge < -0.3 is 20.1 Å². The smallest absolute Gasteiger partial charge is 0.0698 e. The minimum atomic E-state index is 0.123. The van der Waals surface area contributed by atoms with Crippen LogP contribution < -0.4 is 5.32 Å². The molecule has 17 heavy (non-hydrogen) atoms. The van der Waals surface area contributed by atoms with E-state index in [2.05, 4.69) is 17.3 Å². The van der Waals surface area contributed by atoms with Crippen molar-refractivity contribution in [3.63, 3.8) is 0 Å². The summed E-state index contributed by atoms with van der Waals surface area (Å²) in [5, 5.41) is 12.2. The van der Waals surface area contributed by atoms with Gasteiger partial charge in [-0.15, -0.1) is 0 Å². The molecule has 0 aromatic rings. The molecule has 0 amide bonds. The lowest BCUT2D eigenvalue weighted by Crippen LogP contribution is -2.54. The molecule has 0 saturated carbocycles. The quantitative estimate of drug-likeness (QED) is 0.670. The Balaban J connectivity index is 1.65. The molecule has 2 atom stereocenters. The average molecular weight is 242 g/mol. The number of nitrogens with one attached hydrogen (secondary N) is 1. The van der Waals surface area contributed by atoms with Crippen molar-refractivity contribution in [2.45, 2.75) is 50.2 Å². The van der Waals surface area contributed by atoms with Crippen molar-refractivity contribution >= 4 is 0 Å². The van der Waals surface area contributed by atoms with Crippen LogP contribution in [0.2, 0.25) is 0 Å². The summed E-state index contributed by atoms with van der Waals surface area (Å²) >= 11 is 0. The first kappa shape index (κ1) is 13.3. The Morgan fingerprint density at radius 1 is 1.24 bits per heavy atom. The zero-order valence-corrected chi connectivity index (χ0v) is 10.9. The largest absolute Gasteiger partial charge is 0.394 e. The number of aliphatic hydroxyl groups excluding tert-OH is 1. The second-order valence-electron chi connectivity index (χ2n) is 5.36. The second-order valence-corrected chi connectivity index (χ2v) is 5.36. The molecule has 0 aromatic carbocycles. The fraction of sp³-hybridized carbons (Fsp3) is 1.00. The van der Waals surface area contributed by atoms with E-state index < -0.39 is 0 Å². The van der Waals surface area contributed by atoms with E-state index in [4.69, 9.17) is 9.84 Å². The van der Waals surface area contributed by atoms with Crippen LogP contribution in [0.3, 0.4) is 0 Å². The molecule has 0 aromatic heterocycles. The standard InChI is InChI=1S/C13H26N2O2/c1-15-12-3-2-4-13(15)10-11(9-12)14-5-7-17-8-6-16/h11-14,16H,2-10H2,1H3. The number of hydrogen-bond donors (Lipinski definition) is 2. The molecule has 2 N–H and O–H groups in total. The Hall–Kier alpha value is -0.160. The minimum Gasteiger partial charge on any atom is -0.394 e. The molecule has 100 valence electrons. The predicted octanol–water partition coefficient (Wildman–Crippen LogP) is 0.600. The molecule has 2 saturated heterocycles. The van der Waals surface area contributed by atoms with Gasteiger partial charge >= 0.3 is 0 Å². The van der Waals surface area contributed by atoms with Gasteiger partial charge in [-0.25, -0.2) is 0 Å². The third-order valence-electron chi connectivity index (χ3n) is 4.25. The van der Waals surface area contributed by atoms with E-state index in [1.165, 1.54) is 32.1 Å². The van der Waals surface area contributed by atoms with Crippen LogP contribution in [0.25, 0.3) is 0 Å². The zero-order chi connectivity index (χ0) is 12.1. The molecule has 2 fully saturated rings. The van der Waals surface area contributed by atoms with Gasteiger partial charge in [-0.05, 0) is 32.7 Å². The summed E-state index contributed by atoms with van der Waals surface area (Å²) in [6.07, 6.45) is 6.71. The lowest BCUT2D eigenvalue weighted by Gasteiger charge is -2.47. The third-order valence-corrected chi connectivity index (χ3v) is 4.25. The summed E-state index contributed by atoms with van der Waals surface area (Å²) in [5.41, 5.74) is 0. The normalized spacial score (nSPS) is 33.9. The van der Waals surface area contributed by atoms with Gasteiger partial charge in [-0.2, -0.15) is 0 Å². The van der Waals surface area contributed by atoms with Crippen molar-refractivity contribution in [1.82, 2.24) is 10.2 Å². The Morgan fingerprint density at radius 3 is 2.59 bits per heavy atom. The first-order valence-electron chi connectivity index (χ1n) is 6.95. The van der Waals surface area contributed by atoms with Crippen molar-refractivity contribution in [2.24, 2.45) is 0 Å². The van der Waals surface area contributed by atoms with E-state index in [1.54, 1.807) is 0 Å². The van der Waals surface area contributed by atoms with Crippen LogP contribution in [-0.2, 0) is 4.74 Å². The van der Waals surface area contributed by atoms with Crippen LogP contribution in [0.15, 0.2) is 0 Å². The van der Waals surface area contributed by atoms with Gasteiger partial charge in [0.05, 0.1) is 19.8 Å². The van der Waals surface area contributed by atoms with E-state index in [0.717, 1.165) is 18.6 Å². The van der Waals surface area contributed by atoms with Gasteiger partial charge in [0.25, 0.3) is 0 Å². The Bertz CT molecular complexity index is 211. The molecule has 0 radical (unpaired) electrons. The van der Waals surface area contributed by atoms with E-state index in [0.29, 0.717) is 19.3 Å². The van der Waals surface area contributed by atoms with Crippen LogP contribution in [0.4, 0.5) is 0 Å². The van der Waals surface area contributed by atoms with Crippen molar-refractivity contribution in [1.29, 1.82) is 0 Å². The Morgan fingerprint density at radius 2 is 1.94 bits per heavy atom. The molecule has 4 nitrogen and oxygen atoms in total. The molecule has 2 rings (SSSR count).